The van der Waals surface area contributed by atoms with E-state index in [0.717, 1.165) is 22.6 Å². The first kappa shape index (κ1) is 27.9. The van der Waals surface area contributed by atoms with Crippen molar-refractivity contribution < 1.29 is 14.3 Å². The highest BCUT2D eigenvalue weighted by atomic mass is 32.2. The van der Waals surface area contributed by atoms with Gasteiger partial charge in [-0.05, 0) is 72.0 Å². The molecular formula is C30H33N5O3S. The number of rotatable bonds is 9. The van der Waals surface area contributed by atoms with Gasteiger partial charge in [0, 0.05) is 16.9 Å². The van der Waals surface area contributed by atoms with Crippen molar-refractivity contribution in [1.29, 1.82) is 0 Å². The van der Waals surface area contributed by atoms with E-state index in [-0.39, 0.29) is 29.5 Å². The predicted octanol–water partition coefficient (Wildman–Crippen LogP) is 5.54. The van der Waals surface area contributed by atoms with Crippen LogP contribution >= 0.6 is 11.8 Å². The molecule has 2 N–H and O–H groups in total. The summed E-state index contributed by atoms with van der Waals surface area (Å²) >= 11 is 1.28. The summed E-state index contributed by atoms with van der Waals surface area (Å²) in [5.41, 5.74) is 4.37. The van der Waals surface area contributed by atoms with Crippen LogP contribution in [0.3, 0.4) is 0 Å². The van der Waals surface area contributed by atoms with Gasteiger partial charge in [0.25, 0.3) is 5.91 Å². The van der Waals surface area contributed by atoms with Gasteiger partial charge in [0.1, 0.15) is 5.75 Å². The minimum Gasteiger partial charge on any atom is -0.497 e. The predicted molar refractivity (Wildman–Crippen MR) is 155 cm³/mol. The van der Waals surface area contributed by atoms with Crippen LogP contribution in [-0.4, -0.2) is 39.4 Å². The van der Waals surface area contributed by atoms with Gasteiger partial charge in [0.2, 0.25) is 5.91 Å². The number of methoxy groups -OCH3 is 1. The molecule has 0 aliphatic rings. The molecule has 0 atom stereocenters. The molecule has 0 bridgehead atoms. The second kappa shape index (κ2) is 12.2. The summed E-state index contributed by atoms with van der Waals surface area (Å²) in [6.45, 7) is 8.60. The molecule has 202 valence electrons. The summed E-state index contributed by atoms with van der Waals surface area (Å²) < 4.78 is 7.04. The van der Waals surface area contributed by atoms with E-state index in [0.29, 0.717) is 22.2 Å². The highest BCUT2D eigenvalue weighted by Gasteiger charge is 2.18. The number of aryl methyl sites for hydroxylation is 1. The molecular weight excluding hydrogens is 510 g/mol. The van der Waals surface area contributed by atoms with E-state index in [1.54, 1.807) is 31.4 Å². The van der Waals surface area contributed by atoms with Gasteiger partial charge >= 0.3 is 0 Å². The highest BCUT2D eigenvalue weighted by molar-refractivity contribution is 7.99. The Morgan fingerprint density at radius 2 is 1.69 bits per heavy atom. The fourth-order valence-corrected chi connectivity index (χ4v) is 4.69. The molecule has 0 radical (unpaired) electrons. The van der Waals surface area contributed by atoms with Crippen LogP contribution in [0.1, 0.15) is 48.1 Å². The molecule has 0 saturated heterocycles. The molecule has 8 nitrogen and oxygen atoms in total. The van der Waals surface area contributed by atoms with Crippen molar-refractivity contribution in [2.24, 2.45) is 0 Å². The summed E-state index contributed by atoms with van der Waals surface area (Å²) in [6, 6.07) is 22.7. The van der Waals surface area contributed by atoms with Gasteiger partial charge in [-0.3, -0.25) is 14.2 Å². The Balaban J connectivity index is 1.47. The monoisotopic (exact) mass is 543 g/mol. The van der Waals surface area contributed by atoms with Crippen LogP contribution in [0.25, 0.3) is 5.69 Å². The van der Waals surface area contributed by atoms with Crippen LogP contribution < -0.4 is 15.4 Å². The lowest BCUT2D eigenvalue weighted by molar-refractivity contribution is -0.113. The second-order valence-corrected chi connectivity index (χ2v) is 11.1. The maximum atomic E-state index is 12.9. The van der Waals surface area contributed by atoms with E-state index in [1.165, 1.54) is 11.8 Å². The summed E-state index contributed by atoms with van der Waals surface area (Å²) in [7, 11) is 1.60. The smallest absolute Gasteiger partial charge is 0.251 e. The van der Waals surface area contributed by atoms with Gasteiger partial charge in [-0.15, -0.1) is 10.2 Å². The summed E-state index contributed by atoms with van der Waals surface area (Å²) in [5.74, 6) is 1.07. The molecule has 4 aromatic rings. The van der Waals surface area contributed by atoms with Gasteiger partial charge in [-0.25, -0.2) is 0 Å². The molecule has 0 saturated carbocycles. The number of hydrogen-bond acceptors (Lipinski definition) is 6. The molecule has 0 spiro atoms. The third-order valence-corrected chi connectivity index (χ3v) is 7.02. The standard InChI is InChI=1S/C30H33N5O3S/c1-20-7-6-8-24(17-20)35-26(18-31-28(37)21-9-11-22(12-10-21)30(2,3)4)33-34-29(35)39-19-27(36)32-23-13-15-25(38-5)16-14-23/h6-17H,18-19H2,1-5H3,(H,31,37)(H,32,36). The van der Waals surface area contributed by atoms with Crippen molar-refractivity contribution in [2.45, 2.75) is 44.8 Å². The number of hydrogen-bond donors (Lipinski definition) is 2. The number of benzene rings is 3. The Morgan fingerprint density at radius 1 is 0.974 bits per heavy atom. The van der Waals surface area contributed by atoms with E-state index in [1.807, 2.05) is 60.0 Å². The van der Waals surface area contributed by atoms with E-state index >= 15 is 0 Å². The molecule has 9 heteroatoms. The van der Waals surface area contributed by atoms with Crippen LogP contribution in [0.5, 0.6) is 5.75 Å². The topological polar surface area (TPSA) is 98.1 Å². The zero-order chi connectivity index (χ0) is 28.0. The first-order valence-corrected chi connectivity index (χ1v) is 13.6. The zero-order valence-electron chi connectivity index (χ0n) is 22.8. The maximum Gasteiger partial charge on any atom is 0.251 e. The molecule has 1 aromatic heterocycles. The van der Waals surface area contributed by atoms with Gasteiger partial charge in [0.05, 0.1) is 19.4 Å². The van der Waals surface area contributed by atoms with E-state index in [9.17, 15) is 9.59 Å². The number of thioether (sulfide) groups is 1. The fraction of sp³-hybridized carbons (Fsp3) is 0.267. The minimum atomic E-state index is -0.192. The minimum absolute atomic E-state index is 0.0128. The Labute approximate surface area is 233 Å². The van der Waals surface area contributed by atoms with Gasteiger partial charge < -0.3 is 15.4 Å². The molecule has 4 rings (SSSR count). The SMILES string of the molecule is COc1ccc(NC(=O)CSc2nnc(CNC(=O)c3ccc(C(C)(C)C)cc3)n2-c2cccc(C)c2)cc1. The Kier molecular flexibility index (Phi) is 8.71. The number of nitrogens with one attached hydrogen (secondary N) is 2. The van der Waals surface area contributed by atoms with Crippen molar-refractivity contribution in [3.63, 3.8) is 0 Å². The second-order valence-electron chi connectivity index (χ2n) is 10.1. The number of nitrogens with zero attached hydrogens (tertiary/aromatic N) is 3. The van der Waals surface area contributed by atoms with Crippen molar-refractivity contribution >= 4 is 29.3 Å². The summed E-state index contributed by atoms with van der Waals surface area (Å²) in [6.07, 6.45) is 0. The first-order chi connectivity index (χ1) is 18.6. The van der Waals surface area contributed by atoms with Crippen LogP contribution in [0, 0.1) is 6.92 Å². The third kappa shape index (κ3) is 7.26. The van der Waals surface area contributed by atoms with Gasteiger partial charge in [0.15, 0.2) is 11.0 Å². The van der Waals surface area contributed by atoms with Crippen molar-refractivity contribution in [2.75, 3.05) is 18.2 Å². The molecule has 0 unspecified atom stereocenters. The molecule has 39 heavy (non-hydrogen) atoms. The quantitative estimate of drug-likeness (QED) is 0.269. The average Bonchev–Trinajstić information content (AvgIpc) is 3.33. The lowest BCUT2D eigenvalue weighted by Gasteiger charge is -2.19. The van der Waals surface area contributed by atoms with Crippen LogP contribution in [0.4, 0.5) is 5.69 Å². The first-order valence-electron chi connectivity index (χ1n) is 12.6. The lowest BCUT2D eigenvalue weighted by atomic mass is 9.87. The number of ether oxygens (including phenoxy) is 1. The van der Waals surface area contributed by atoms with Crippen molar-refractivity contribution in [1.82, 2.24) is 20.1 Å². The van der Waals surface area contributed by atoms with E-state index in [4.69, 9.17) is 4.74 Å². The molecule has 0 aliphatic heterocycles. The van der Waals surface area contributed by atoms with Crippen LogP contribution in [0.15, 0.2) is 78.0 Å². The average molecular weight is 544 g/mol. The maximum absolute atomic E-state index is 12.9. The number of aromatic nitrogens is 3. The summed E-state index contributed by atoms with van der Waals surface area (Å²) in [5, 5.41) is 15.1. The lowest BCUT2D eigenvalue weighted by Crippen LogP contribution is -2.25. The van der Waals surface area contributed by atoms with Crippen molar-refractivity contribution in [3.8, 4) is 11.4 Å². The normalized spacial score (nSPS) is 11.2. The van der Waals surface area contributed by atoms with E-state index in [2.05, 4.69) is 41.6 Å². The van der Waals surface area contributed by atoms with Gasteiger partial charge in [-0.2, -0.15) is 0 Å². The molecule has 1 heterocycles. The highest BCUT2D eigenvalue weighted by Crippen LogP contribution is 2.24. The third-order valence-electron chi connectivity index (χ3n) is 6.09. The molecule has 0 fully saturated rings. The van der Waals surface area contributed by atoms with Crippen LogP contribution in [-0.2, 0) is 16.8 Å². The zero-order valence-corrected chi connectivity index (χ0v) is 23.6. The number of amides is 2. The fourth-order valence-electron chi connectivity index (χ4n) is 3.92. The van der Waals surface area contributed by atoms with Crippen molar-refractivity contribution in [3.05, 3.63) is 95.3 Å². The molecule has 0 aliphatic carbocycles. The number of anilines is 1. The van der Waals surface area contributed by atoms with Crippen LogP contribution in [0.2, 0.25) is 0 Å². The number of carbonyl (C=O) groups excluding carboxylic acids is 2. The van der Waals surface area contributed by atoms with E-state index < -0.39 is 0 Å². The Bertz CT molecular complexity index is 1440. The molecule has 2 amide bonds. The molecule has 3 aromatic carbocycles. The summed E-state index contributed by atoms with van der Waals surface area (Å²) in [4.78, 5) is 25.5. The number of carbonyl (C=O) groups is 2. The Morgan fingerprint density at radius 3 is 2.33 bits per heavy atom. The largest absolute Gasteiger partial charge is 0.497 e. The van der Waals surface area contributed by atoms with Gasteiger partial charge in [-0.1, -0.05) is 56.8 Å². The Hall–Kier alpha value is -4.11.